The molecular formula is C19H18N6O. The van der Waals surface area contributed by atoms with Crippen LogP contribution in [0.2, 0.25) is 0 Å². The van der Waals surface area contributed by atoms with Gasteiger partial charge in [0.15, 0.2) is 5.82 Å². The number of nitrogens with zero attached hydrogens (tertiary/aromatic N) is 5. The molecule has 2 rings (SSSR count). The fraction of sp³-hybridized carbons (Fsp3) is 0.211. The third-order valence-corrected chi connectivity index (χ3v) is 3.51. The zero-order valence-electron chi connectivity index (χ0n) is 14.6. The monoisotopic (exact) mass is 346 g/mol. The highest BCUT2D eigenvalue weighted by Crippen LogP contribution is 2.30. The quantitative estimate of drug-likeness (QED) is 0.487. The number of hydrogen-bond acceptors (Lipinski definition) is 7. The molecule has 7 nitrogen and oxygen atoms in total. The smallest absolute Gasteiger partial charge is 0.162 e. The molecule has 0 aliphatic carbocycles. The molecule has 7 heteroatoms. The zero-order valence-corrected chi connectivity index (χ0v) is 14.6. The number of aromatic nitrogens is 2. The van der Waals surface area contributed by atoms with E-state index in [-0.39, 0.29) is 0 Å². The van der Waals surface area contributed by atoms with Crippen molar-refractivity contribution in [2.75, 3.05) is 13.6 Å². The van der Waals surface area contributed by atoms with Gasteiger partial charge in [-0.15, -0.1) is 0 Å². The van der Waals surface area contributed by atoms with Crippen molar-refractivity contribution in [1.29, 1.82) is 10.5 Å². The Hall–Kier alpha value is -3.55. The van der Waals surface area contributed by atoms with Crippen molar-refractivity contribution in [1.82, 2.24) is 9.97 Å². The molecule has 1 aromatic carbocycles. The number of hydrogen-bond donors (Lipinski definition) is 1. The molecule has 0 fully saturated rings. The highest BCUT2D eigenvalue weighted by Gasteiger charge is 2.13. The molecule has 0 aliphatic rings. The van der Waals surface area contributed by atoms with Crippen molar-refractivity contribution in [2.24, 2.45) is 10.7 Å². The Morgan fingerprint density at radius 1 is 1.31 bits per heavy atom. The zero-order chi connectivity index (χ0) is 18.9. The Kier molecular flexibility index (Phi) is 6.55. The van der Waals surface area contributed by atoms with Crippen LogP contribution >= 0.6 is 0 Å². The van der Waals surface area contributed by atoms with Crippen LogP contribution in [0.1, 0.15) is 18.1 Å². The van der Waals surface area contributed by atoms with Crippen LogP contribution in [0.3, 0.4) is 0 Å². The molecule has 130 valence electrons. The number of ether oxygens (including phenoxy) is 1. The summed E-state index contributed by atoms with van der Waals surface area (Å²) >= 11 is 0. The number of allylic oxidation sites excluding steroid dienone is 2. The molecule has 0 spiro atoms. The van der Waals surface area contributed by atoms with E-state index in [0.29, 0.717) is 47.0 Å². The Morgan fingerprint density at radius 3 is 2.62 bits per heavy atom. The maximum atomic E-state index is 9.21. The Morgan fingerprint density at radius 2 is 2.04 bits per heavy atom. The number of aliphatic imine (C=N–C) groups is 1. The Balaban J connectivity index is 2.48. The summed E-state index contributed by atoms with van der Waals surface area (Å²) in [6.07, 6.45) is 5.54. The topological polar surface area (TPSA) is 121 Å². The second-order valence-corrected chi connectivity index (χ2v) is 5.35. The normalized spacial score (nSPS) is 11.6. The van der Waals surface area contributed by atoms with Gasteiger partial charge in [-0.05, 0) is 43.7 Å². The van der Waals surface area contributed by atoms with E-state index >= 15 is 0 Å². The Bertz CT molecular complexity index is 917. The molecule has 0 aliphatic heterocycles. The highest BCUT2D eigenvalue weighted by molar-refractivity contribution is 5.84. The third-order valence-electron chi connectivity index (χ3n) is 3.51. The van der Waals surface area contributed by atoms with Crippen molar-refractivity contribution >= 4 is 6.21 Å². The van der Waals surface area contributed by atoms with Crippen molar-refractivity contribution in [3.05, 3.63) is 53.1 Å². The van der Waals surface area contributed by atoms with Crippen LogP contribution in [0.4, 0.5) is 0 Å². The van der Waals surface area contributed by atoms with E-state index in [1.807, 2.05) is 6.07 Å². The minimum absolute atomic E-state index is 0.292. The molecule has 0 radical (unpaired) electrons. The molecule has 1 aromatic heterocycles. The molecule has 0 bridgehead atoms. The molecule has 26 heavy (non-hydrogen) atoms. The van der Waals surface area contributed by atoms with Crippen LogP contribution in [0.5, 0.6) is 5.75 Å². The standard InChI is InChI=1S/C19H18N6O/c1-13(16(9-22)12-23-2)26-18-7-14(8-21)3-4-17(18)19-24-10-15(5-6-20)11-25-19/h3-4,7,10-12H,5-6,20H2,1-2H3/b16-13+,23-12-. The minimum Gasteiger partial charge on any atom is -0.460 e. The van der Waals surface area contributed by atoms with Gasteiger partial charge in [0.25, 0.3) is 0 Å². The first-order chi connectivity index (χ1) is 12.6. The maximum absolute atomic E-state index is 9.21. The van der Waals surface area contributed by atoms with Crippen molar-refractivity contribution in [3.63, 3.8) is 0 Å². The molecule has 2 aromatic rings. The number of benzene rings is 1. The molecule has 2 N–H and O–H groups in total. The summed E-state index contributed by atoms with van der Waals surface area (Å²) in [5, 5.41) is 18.4. The summed E-state index contributed by atoms with van der Waals surface area (Å²) in [7, 11) is 1.57. The van der Waals surface area contributed by atoms with Gasteiger partial charge in [0, 0.05) is 25.7 Å². The van der Waals surface area contributed by atoms with Crippen LogP contribution in [-0.2, 0) is 6.42 Å². The summed E-state index contributed by atoms with van der Waals surface area (Å²) in [4.78, 5) is 12.5. The lowest BCUT2D eigenvalue weighted by Gasteiger charge is -2.12. The summed E-state index contributed by atoms with van der Waals surface area (Å²) < 4.78 is 5.84. The molecule has 0 saturated carbocycles. The van der Waals surface area contributed by atoms with E-state index in [4.69, 9.17) is 15.7 Å². The van der Waals surface area contributed by atoms with Gasteiger partial charge in [-0.3, -0.25) is 4.99 Å². The van der Waals surface area contributed by atoms with Crippen LogP contribution in [0, 0.1) is 22.7 Å². The number of rotatable bonds is 6. The lowest BCUT2D eigenvalue weighted by atomic mass is 10.1. The average molecular weight is 346 g/mol. The maximum Gasteiger partial charge on any atom is 0.162 e. The number of nitriles is 2. The van der Waals surface area contributed by atoms with E-state index in [1.54, 1.807) is 44.6 Å². The van der Waals surface area contributed by atoms with Gasteiger partial charge >= 0.3 is 0 Å². The molecule has 1 heterocycles. The predicted molar refractivity (Wildman–Crippen MR) is 98.3 cm³/mol. The van der Waals surface area contributed by atoms with E-state index in [1.165, 1.54) is 6.21 Å². The summed E-state index contributed by atoms with van der Waals surface area (Å²) in [5.74, 6) is 1.22. The molecule has 0 amide bonds. The van der Waals surface area contributed by atoms with E-state index in [2.05, 4.69) is 21.0 Å². The largest absolute Gasteiger partial charge is 0.460 e. The minimum atomic E-state index is 0.292. The first-order valence-corrected chi connectivity index (χ1v) is 7.89. The van der Waals surface area contributed by atoms with Gasteiger partial charge in [0.05, 0.1) is 17.2 Å². The lowest BCUT2D eigenvalue weighted by Crippen LogP contribution is -2.04. The van der Waals surface area contributed by atoms with Crippen LogP contribution in [-0.4, -0.2) is 29.8 Å². The third kappa shape index (κ3) is 4.50. The highest BCUT2D eigenvalue weighted by atomic mass is 16.5. The van der Waals surface area contributed by atoms with Gasteiger partial charge in [-0.2, -0.15) is 10.5 Å². The van der Waals surface area contributed by atoms with Crippen LogP contribution < -0.4 is 10.5 Å². The van der Waals surface area contributed by atoms with Crippen molar-refractivity contribution in [3.8, 4) is 29.3 Å². The van der Waals surface area contributed by atoms with Gasteiger partial charge in [-0.1, -0.05) is 0 Å². The Labute approximate surface area is 152 Å². The van der Waals surface area contributed by atoms with E-state index in [0.717, 1.165) is 5.56 Å². The number of nitrogens with two attached hydrogens (primary N) is 1. The second kappa shape index (κ2) is 9.07. The molecular weight excluding hydrogens is 328 g/mol. The summed E-state index contributed by atoms with van der Waals surface area (Å²) in [5.41, 5.74) is 7.82. The fourth-order valence-electron chi connectivity index (χ4n) is 2.20. The molecule has 0 saturated heterocycles. The molecule has 0 atom stereocenters. The van der Waals surface area contributed by atoms with E-state index in [9.17, 15) is 5.26 Å². The van der Waals surface area contributed by atoms with Crippen molar-refractivity contribution in [2.45, 2.75) is 13.3 Å². The predicted octanol–water partition coefficient (Wildman–Crippen LogP) is 2.39. The van der Waals surface area contributed by atoms with Gasteiger partial charge in [-0.25, -0.2) is 9.97 Å². The molecule has 0 unspecified atom stereocenters. The second-order valence-electron chi connectivity index (χ2n) is 5.35. The average Bonchev–Trinajstić information content (AvgIpc) is 2.67. The van der Waals surface area contributed by atoms with Gasteiger partial charge in [0.1, 0.15) is 23.2 Å². The van der Waals surface area contributed by atoms with Gasteiger partial charge < -0.3 is 10.5 Å². The van der Waals surface area contributed by atoms with Crippen LogP contribution in [0.25, 0.3) is 11.4 Å². The van der Waals surface area contributed by atoms with Crippen LogP contribution in [0.15, 0.2) is 46.9 Å². The van der Waals surface area contributed by atoms with Gasteiger partial charge in [0.2, 0.25) is 0 Å². The van der Waals surface area contributed by atoms with Crippen molar-refractivity contribution < 1.29 is 4.74 Å². The first kappa shape index (κ1) is 18.8. The SMILES string of the molecule is C/N=C\C(C#N)=C(/C)Oc1cc(C#N)ccc1-c1ncc(CCN)cn1. The first-order valence-electron chi connectivity index (χ1n) is 7.89. The lowest BCUT2D eigenvalue weighted by molar-refractivity contribution is 0.427. The summed E-state index contributed by atoms with van der Waals surface area (Å²) in [6.45, 7) is 2.18. The van der Waals surface area contributed by atoms with E-state index < -0.39 is 0 Å². The fourth-order valence-corrected chi connectivity index (χ4v) is 2.20. The summed E-state index contributed by atoms with van der Waals surface area (Å²) in [6, 6.07) is 9.08.